The number of carbonyl (C=O) groups excluding carboxylic acids is 5. The van der Waals surface area contributed by atoms with E-state index in [2.05, 4.69) is 25.4 Å². The van der Waals surface area contributed by atoms with E-state index in [4.69, 9.17) is 20.3 Å². The average molecular weight is 635 g/mol. The first-order valence-electron chi connectivity index (χ1n) is 13.6. The summed E-state index contributed by atoms with van der Waals surface area (Å²) in [4.78, 5) is 66.3. The number of benzene rings is 2. The molecule has 0 unspecified atom stereocenters. The SMILES string of the molecule is COC(=O)[C@H](C)N.COC(=O)[C@H](C)NC(=O)[C@H](C)NC(=O)OCc1ccccc1.C[C@H](NC(=O)OCc1ccccc1)C(=O)O. The topological polar surface area (TPSA) is 222 Å². The molecule has 45 heavy (non-hydrogen) atoms. The smallest absolute Gasteiger partial charge is 0.408 e. The molecular formula is C30H42N4O11. The number of carboxylic acid groups (broad SMARTS) is 1. The van der Waals surface area contributed by atoms with E-state index < -0.39 is 54.2 Å². The number of nitrogens with one attached hydrogen (secondary N) is 3. The van der Waals surface area contributed by atoms with E-state index in [0.29, 0.717) is 0 Å². The molecule has 15 nitrogen and oxygen atoms in total. The van der Waals surface area contributed by atoms with Crippen LogP contribution in [0.25, 0.3) is 0 Å². The highest BCUT2D eigenvalue weighted by Gasteiger charge is 2.21. The molecule has 0 aromatic heterocycles. The van der Waals surface area contributed by atoms with Crippen LogP contribution in [0.4, 0.5) is 9.59 Å². The van der Waals surface area contributed by atoms with Gasteiger partial charge in [-0.05, 0) is 38.8 Å². The van der Waals surface area contributed by atoms with Crippen molar-refractivity contribution in [2.75, 3.05) is 14.2 Å². The number of amides is 3. The van der Waals surface area contributed by atoms with Crippen LogP contribution in [0.3, 0.4) is 0 Å². The minimum Gasteiger partial charge on any atom is -0.480 e. The predicted molar refractivity (Wildman–Crippen MR) is 161 cm³/mol. The Morgan fingerprint density at radius 3 is 1.38 bits per heavy atom. The molecule has 0 aliphatic heterocycles. The van der Waals surface area contributed by atoms with E-state index in [0.717, 1.165) is 11.1 Å². The third-order valence-corrected chi connectivity index (χ3v) is 5.34. The zero-order chi connectivity index (χ0) is 34.4. The molecule has 15 heteroatoms. The van der Waals surface area contributed by atoms with Crippen molar-refractivity contribution in [2.24, 2.45) is 5.73 Å². The van der Waals surface area contributed by atoms with E-state index in [1.165, 1.54) is 35.0 Å². The molecule has 3 amide bonds. The number of methoxy groups -OCH3 is 2. The maximum Gasteiger partial charge on any atom is 0.408 e. The number of rotatable bonds is 11. The van der Waals surface area contributed by atoms with Crippen molar-refractivity contribution < 1.29 is 52.8 Å². The predicted octanol–water partition coefficient (Wildman–Crippen LogP) is 1.87. The molecule has 0 bridgehead atoms. The van der Waals surface area contributed by atoms with E-state index in [1.807, 2.05) is 60.7 Å². The Morgan fingerprint density at radius 2 is 1.04 bits per heavy atom. The summed E-state index contributed by atoms with van der Waals surface area (Å²) in [5.41, 5.74) is 6.76. The number of hydrogen-bond donors (Lipinski definition) is 5. The van der Waals surface area contributed by atoms with Gasteiger partial charge in [0.05, 0.1) is 14.2 Å². The maximum absolute atomic E-state index is 11.8. The van der Waals surface area contributed by atoms with Gasteiger partial charge >= 0.3 is 30.1 Å². The quantitative estimate of drug-likeness (QED) is 0.177. The van der Waals surface area contributed by atoms with Crippen molar-refractivity contribution in [3.63, 3.8) is 0 Å². The van der Waals surface area contributed by atoms with Crippen molar-refractivity contribution in [3.05, 3.63) is 71.8 Å². The molecule has 2 aromatic rings. The molecule has 2 aromatic carbocycles. The normalized spacial score (nSPS) is 12.3. The Labute approximate surface area is 261 Å². The molecule has 0 saturated carbocycles. The van der Waals surface area contributed by atoms with E-state index in [1.54, 1.807) is 6.92 Å². The van der Waals surface area contributed by atoms with Crippen LogP contribution >= 0.6 is 0 Å². The van der Waals surface area contributed by atoms with Gasteiger partial charge in [0.25, 0.3) is 0 Å². The summed E-state index contributed by atoms with van der Waals surface area (Å²) < 4.78 is 18.6. The Balaban J connectivity index is 0.000000733. The number of carbonyl (C=O) groups is 6. The third-order valence-electron chi connectivity index (χ3n) is 5.34. The number of esters is 2. The summed E-state index contributed by atoms with van der Waals surface area (Å²) >= 11 is 0. The fraction of sp³-hybridized carbons (Fsp3) is 0.400. The first kappa shape index (κ1) is 39.8. The van der Waals surface area contributed by atoms with Gasteiger partial charge in [-0.1, -0.05) is 60.7 Å². The van der Waals surface area contributed by atoms with Gasteiger partial charge in [-0.3, -0.25) is 14.4 Å². The number of nitrogens with two attached hydrogens (primary N) is 1. The fourth-order valence-electron chi connectivity index (χ4n) is 2.77. The Bertz CT molecular complexity index is 1210. The number of carboxylic acids is 1. The molecule has 0 heterocycles. The van der Waals surface area contributed by atoms with Crippen molar-refractivity contribution in [2.45, 2.75) is 65.1 Å². The average Bonchev–Trinajstić information content (AvgIpc) is 3.03. The van der Waals surface area contributed by atoms with Crippen LogP contribution in [-0.4, -0.2) is 79.5 Å². The molecule has 0 spiro atoms. The molecule has 0 fully saturated rings. The molecule has 4 atom stereocenters. The van der Waals surface area contributed by atoms with Crippen molar-refractivity contribution in [1.29, 1.82) is 0 Å². The lowest BCUT2D eigenvalue weighted by Gasteiger charge is -2.17. The highest BCUT2D eigenvalue weighted by Crippen LogP contribution is 2.02. The van der Waals surface area contributed by atoms with Gasteiger partial charge in [0.15, 0.2) is 0 Å². The Morgan fingerprint density at radius 1 is 0.644 bits per heavy atom. The molecule has 0 aliphatic carbocycles. The minimum atomic E-state index is -1.10. The Hall–Kier alpha value is -5.18. The number of alkyl carbamates (subject to hydrolysis) is 2. The monoisotopic (exact) mass is 634 g/mol. The number of aliphatic carboxylic acids is 1. The van der Waals surface area contributed by atoms with Crippen LogP contribution in [0.1, 0.15) is 38.8 Å². The van der Waals surface area contributed by atoms with E-state index in [-0.39, 0.29) is 19.2 Å². The summed E-state index contributed by atoms with van der Waals surface area (Å²) in [6.07, 6.45) is -1.45. The molecular weight excluding hydrogens is 592 g/mol. The molecule has 0 aliphatic rings. The first-order chi connectivity index (χ1) is 21.2. The standard InChI is InChI=1S/C15H20N2O5.C11H13NO4.C4H9NO2/c1-10(13(18)16-11(2)14(19)21-3)17-15(20)22-9-12-7-5-4-6-8-12;1-8(10(13)14)12-11(15)16-7-9-5-3-2-4-6-9;1-3(5)4(6)7-2/h4-8,10-11H,9H2,1-3H3,(H,16,18)(H,17,20);2-6,8H,7H2,1H3,(H,12,15)(H,13,14);3H,5H2,1-2H3/t10-,11-;8-;3-/m000/s1. The van der Waals surface area contributed by atoms with Crippen LogP contribution < -0.4 is 21.7 Å². The Kier molecular flexibility index (Phi) is 19.8. The second kappa shape index (κ2) is 22.4. The molecule has 2 rings (SSSR count). The van der Waals surface area contributed by atoms with Gasteiger partial charge in [-0.25, -0.2) is 14.4 Å². The van der Waals surface area contributed by atoms with Gasteiger partial charge in [0, 0.05) is 0 Å². The lowest BCUT2D eigenvalue weighted by molar-refractivity contribution is -0.144. The van der Waals surface area contributed by atoms with E-state index >= 15 is 0 Å². The molecule has 248 valence electrons. The lowest BCUT2D eigenvalue weighted by Crippen LogP contribution is -2.49. The summed E-state index contributed by atoms with van der Waals surface area (Å²) in [6, 6.07) is 15.2. The zero-order valence-electron chi connectivity index (χ0n) is 26.1. The molecule has 6 N–H and O–H groups in total. The molecule has 0 saturated heterocycles. The van der Waals surface area contributed by atoms with E-state index in [9.17, 15) is 28.8 Å². The minimum absolute atomic E-state index is 0.111. The summed E-state index contributed by atoms with van der Waals surface area (Å²) in [5.74, 6) is -2.54. The maximum atomic E-state index is 11.8. The summed E-state index contributed by atoms with van der Waals surface area (Å²) in [5, 5.41) is 15.5. The largest absolute Gasteiger partial charge is 0.480 e. The first-order valence-corrected chi connectivity index (χ1v) is 13.6. The van der Waals surface area contributed by atoms with Gasteiger partial charge in [0.2, 0.25) is 5.91 Å². The van der Waals surface area contributed by atoms with Crippen LogP contribution in [0.2, 0.25) is 0 Å². The zero-order valence-corrected chi connectivity index (χ0v) is 26.1. The lowest BCUT2D eigenvalue weighted by atomic mass is 10.2. The van der Waals surface area contributed by atoms with Gasteiger partial charge in [-0.15, -0.1) is 0 Å². The second-order valence-electron chi connectivity index (χ2n) is 9.26. The van der Waals surface area contributed by atoms with Crippen LogP contribution in [0, 0.1) is 0 Å². The molecule has 0 radical (unpaired) electrons. The highest BCUT2D eigenvalue weighted by atomic mass is 16.6. The third kappa shape index (κ3) is 18.9. The van der Waals surface area contributed by atoms with Gasteiger partial charge in [-0.2, -0.15) is 0 Å². The number of ether oxygens (including phenoxy) is 4. The number of hydrogen-bond acceptors (Lipinski definition) is 11. The summed E-state index contributed by atoms with van der Waals surface area (Å²) in [6.45, 7) is 6.16. The van der Waals surface area contributed by atoms with Gasteiger partial charge < -0.3 is 45.7 Å². The van der Waals surface area contributed by atoms with Crippen molar-refractivity contribution >= 4 is 36.0 Å². The second-order valence-corrected chi connectivity index (χ2v) is 9.26. The van der Waals surface area contributed by atoms with Crippen LogP contribution in [0.5, 0.6) is 0 Å². The van der Waals surface area contributed by atoms with Crippen LogP contribution in [-0.2, 0) is 51.3 Å². The van der Waals surface area contributed by atoms with Crippen molar-refractivity contribution in [1.82, 2.24) is 16.0 Å². The highest BCUT2D eigenvalue weighted by molar-refractivity contribution is 5.89. The van der Waals surface area contributed by atoms with Crippen LogP contribution in [0.15, 0.2) is 60.7 Å². The summed E-state index contributed by atoms with van der Waals surface area (Å²) in [7, 11) is 2.54. The van der Waals surface area contributed by atoms with Gasteiger partial charge in [0.1, 0.15) is 37.4 Å². The van der Waals surface area contributed by atoms with Crippen molar-refractivity contribution in [3.8, 4) is 0 Å². The fourth-order valence-corrected chi connectivity index (χ4v) is 2.77.